The van der Waals surface area contributed by atoms with Gasteiger partial charge in [-0.2, -0.15) is 0 Å². The number of aliphatic imine (C=N–C) groups is 1. The summed E-state index contributed by atoms with van der Waals surface area (Å²) < 4.78 is 0. The molecule has 1 unspecified atom stereocenters. The first-order chi connectivity index (χ1) is 8.63. The maximum atomic E-state index is 11.3. The van der Waals surface area contributed by atoms with Gasteiger partial charge in [-0.3, -0.25) is 15.1 Å². The van der Waals surface area contributed by atoms with Crippen LogP contribution in [-0.4, -0.2) is 10.6 Å². The van der Waals surface area contributed by atoms with Crippen LogP contribution >= 0.6 is 0 Å². The van der Waals surface area contributed by atoms with Gasteiger partial charge >= 0.3 is 0 Å². The molecule has 0 radical (unpaired) electrons. The van der Waals surface area contributed by atoms with Crippen molar-refractivity contribution in [1.29, 1.82) is 0 Å². The van der Waals surface area contributed by atoms with Crippen molar-refractivity contribution in [2.24, 2.45) is 4.99 Å². The molecule has 0 fully saturated rings. The predicted octanol–water partition coefficient (Wildman–Crippen LogP) is 3.53. The van der Waals surface area contributed by atoms with Crippen molar-refractivity contribution < 1.29 is 4.92 Å². The monoisotopic (exact) mass is 244 g/mol. The fourth-order valence-corrected chi connectivity index (χ4v) is 2.38. The molecule has 0 bridgehead atoms. The number of nitrogens with zero attached hydrogens (tertiary/aromatic N) is 2. The van der Waals surface area contributed by atoms with Crippen LogP contribution in [-0.2, 0) is 0 Å². The lowest BCUT2D eigenvalue weighted by Gasteiger charge is -2.20. The lowest BCUT2D eigenvalue weighted by Crippen LogP contribution is -2.19. The number of hydrogen-bond donors (Lipinski definition) is 0. The molecule has 2 rings (SSSR count). The minimum atomic E-state index is -0.271. The van der Waals surface area contributed by atoms with Crippen LogP contribution in [0.15, 0.2) is 46.7 Å². The van der Waals surface area contributed by atoms with E-state index < -0.39 is 0 Å². The minimum Gasteiger partial charge on any atom is -0.259 e. The lowest BCUT2D eigenvalue weighted by molar-refractivity contribution is -0.431. The second-order valence-electron chi connectivity index (χ2n) is 4.46. The molecule has 94 valence electrons. The molecule has 4 heteroatoms. The highest BCUT2D eigenvalue weighted by Gasteiger charge is 2.33. The van der Waals surface area contributed by atoms with Crippen molar-refractivity contribution in [1.82, 2.24) is 0 Å². The molecule has 1 aliphatic heterocycles. The van der Waals surface area contributed by atoms with E-state index in [0.29, 0.717) is 18.5 Å². The van der Waals surface area contributed by atoms with Crippen LogP contribution in [0.4, 0.5) is 0 Å². The van der Waals surface area contributed by atoms with Crippen LogP contribution in [0.25, 0.3) is 0 Å². The first-order valence-corrected chi connectivity index (χ1v) is 6.10. The summed E-state index contributed by atoms with van der Waals surface area (Å²) in [4.78, 5) is 15.4. The van der Waals surface area contributed by atoms with Crippen LogP contribution in [0.3, 0.4) is 0 Å². The predicted molar refractivity (Wildman–Crippen MR) is 71.2 cm³/mol. The second-order valence-corrected chi connectivity index (χ2v) is 4.46. The molecule has 0 aliphatic carbocycles. The van der Waals surface area contributed by atoms with E-state index >= 15 is 0 Å². The molecule has 0 saturated carbocycles. The van der Waals surface area contributed by atoms with E-state index in [1.54, 1.807) is 0 Å². The van der Waals surface area contributed by atoms with Gasteiger partial charge in [-0.1, -0.05) is 37.3 Å². The minimum absolute atomic E-state index is 0.173. The number of hydrogen-bond acceptors (Lipinski definition) is 3. The van der Waals surface area contributed by atoms with Crippen molar-refractivity contribution in [2.45, 2.75) is 32.6 Å². The van der Waals surface area contributed by atoms with Crippen LogP contribution in [0.1, 0.15) is 38.2 Å². The summed E-state index contributed by atoms with van der Waals surface area (Å²) in [6.07, 6.45) is 1.22. The van der Waals surface area contributed by atoms with Gasteiger partial charge in [0.2, 0.25) is 0 Å². The van der Waals surface area contributed by atoms with Crippen LogP contribution in [0, 0.1) is 10.1 Å². The zero-order valence-corrected chi connectivity index (χ0v) is 10.6. The highest BCUT2D eigenvalue weighted by molar-refractivity contribution is 5.85. The Balaban J connectivity index is 2.51. The molecule has 1 atom stereocenters. The third-order valence-electron chi connectivity index (χ3n) is 3.18. The molecule has 1 aliphatic rings. The molecular weight excluding hydrogens is 228 g/mol. The third-order valence-corrected chi connectivity index (χ3v) is 3.18. The molecule has 18 heavy (non-hydrogen) atoms. The van der Waals surface area contributed by atoms with Gasteiger partial charge in [0.1, 0.15) is 5.70 Å². The van der Waals surface area contributed by atoms with Gasteiger partial charge in [0.15, 0.2) is 0 Å². The fourth-order valence-electron chi connectivity index (χ4n) is 2.38. The summed E-state index contributed by atoms with van der Waals surface area (Å²) >= 11 is 0. The Bertz CT molecular complexity index is 518. The van der Waals surface area contributed by atoms with Crippen molar-refractivity contribution in [3.8, 4) is 0 Å². The molecule has 0 aromatic heterocycles. The first-order valence-electron chi connectivity index (χ1n) is 6.10. The van der Waals surface area contributed by atoms with Gasteiger partial charge in [0.25, 0.3) is 5.70 Å². The van der Waals surface area contributed by atoms with E-state index in [-0.39, 0.29) is 16.5 Å². The summed E-state index contributed by atoms with van der Waals surface area (Å²) in [5.41, 5.74) is 2.82. The molecule has 1 aromatic rings. The number of allylic oxidation sites excluding steroid dienone is 2. The average molecular weight is 244 g/mol. The molecule has 0 spiro atoms. The van der Waals surface area contributed by atoms with Crippen LogP contribution in [0.5, 0.6) is 0 Å². The molecule has 0 saturated heterocycles. The Hall–Kier alpha value is -1.97. The Kier molecular flexibility index (Phi) is 3.55. The third kappa shape index (κ3) is 2.32. The van der Waals surface area contributed by atoms with Gasteiger partial charge in [0.05, 0.1) is 10.8 Å². The van der Waals surface area contributed by atoms with E-state index in [1.807, 2.05) is 44.2 Å². The van der Waals surface area contributed by atoms with Crippen LogP contribution < -0.4 is 0 Å². The standard InChI is InChI=1S/C14H16N2O2/c1-3-13-14(16(17)18)12(9-10(2)15-13)11-7-5-4-6-8-11/h4-8,12H,3,9H2,1-2H3. The van der Waals surface area contributed by atoms with E-state index in [1.165, 1.54) is 0 Å². The van der Waals surface area contributed by atoms with Gasteiger partial charge in [0, 0.05) is 12.1 Å². The number of benzene rings is 1. The normalized spacial score (nSPS) is 19.7. The molecule has 4 nitrogen and oxygen atoms in total. The zero-order valence-electron chi connectivity index (χ0n) is 10.6. The van der Waals surface area contributed by atoms with Crippen molar-refractivity contribution in [2.75, 3.05) is 0 Å². The van der Waals surface area contributed by atoms with E-state index in [9.17, 15) is 10.1 Å². The van der Waals surface area contributed by atoms with Crippen molar-refractivity contribution in [3.63, 3.8) is 0 Å². The average Bonchev–Trinajstić information content (AvgIpc) is 2.38. The summed E-state index contributed by atoms with van der Waals surface area (Å²) in [6.45, 7) is 3.84. The molecule has 0 amide bonds. The van der Waals surface area contributed by atoms with E-state index in [0.717, 1.165) is 11.3 Å². The summed E-state index contributed by atoms with van der Waals surface area (Å²) in [5, 5.41) is 11.3. The van der Waals surface area contributed by atoms with Gasteiger partial charge in [-0.05, 0) is 18.9 Å². The lowest BCUT2D eigenvalue weighted by atomic mass is 9.87. The Morgan fingerprint density at radius 2 is 2.06 bits per heavy atom. The largest absolute Gasteiger partial charge is 0.275 e. The maximum absolute atomic E-state index is 11.3. The Labute approximate surface area is 106 Å². The molecule has 1 heterocycles. The van der Waals surface area contributed by atoms with E-state index in [2.05, 4.69) is 4.99 Å². The number of rotatable bonds is 3. The zero-order chi connectivity index (χ0) is 13.1. The van der Waals surface area contributed by atoms with Crippen LogP contribution in [0.2, 0.25) is 0 Å². The van der Waals surface area contributed by atoms with Crippen molar-refractivity contribution >= 4 is 5.71 Å². The van der Waals surface area contributed by atoms with Crippen molar-refractivity contribution in [3.05, 3.63) is 57.4 Å². The quantitative estimate of drug-likeness (QED) is 0.603. The fraction of sp³-hybridized carbons (Fsp3) is 0.357. The maximum Gasteiger partial charge on any atom is 0.275 e. The van der Waals surface area contributed by atoms with Gasteiger partial charge in [-0.15, -0.1) is 0 Å². The first kappa shape index (κ1) is 12.5. The summed E-state index contributed by atoms with van der Waals surface area (Å²) in [5.74, 6) is -0.173. The highest BCUT2D eigenvalue weighted by Crippen LogP contribution is 2.35. The second kappa shape index (κ2) is 5.12. The number of nitro groups is 1. The Morgan fingerprint density at radius 3 is 2.61 bits per heavy atom. The van der Waals surface area contributed by atoms with Gasteiger partial charge in [-0.25, -0.2) is 0 Å². The summed E-state index contributed by atoms with van der Waals surface area (Å²) in [7, 11) is 0. The molecule has 1 aromatic carbocycles. The SMILES string of the molecule is CCC1=C([N+](=O)[O-])C(c2ccccc2)CC(C)=N1. The van der Waals surface area contributed by atoms with Gasteiger partial charge < -0.3 is 0 Å². The van der Waals surface area contributed by atoms with E-state index in [4.69, 9.17) is 0 Å². The molecule has 0 N–H and O–H groups in total. The highest BCUT2D eigenvalue weighted by atomic mass is 16.6. The Morgan fingerprint density at radius 1 is 1.39 bits per heavy atom. The molecular formula is C14H16N2O2. The summed E-state index contributed by atoms with van der Waals surface area (Å²) in [6, 6.07) is 9.64. The topological polar surface area (TPSA) is 55.5 Å². The smallest absolute Gasteiger partial charge is 0.259 e.